The Balaban J connectivity index is 3.25. The number of rotatable bonds is 7. The highest BCUT2D eigenvalue weighted by atomic mass is 79.9. The number of ether oxygens (including phenoxy) is 3. The minimum Gasteiger partial charge on any atom is -0.490 e. The van der Waals surface area contributed by atoms with Gasteiger partial charge in [0.05, 0.1) is 24.3 Å². The van der Waals surface area contributed by atoms with Crippen molar-refractivity contribution in [3.63, 3.8) is 0 Å². The highest BCUT2D eigenvalue weighted by Gasteiger charge is 2.14. The van der Waals surface area contributed by atoms with E-state index in [-0.39, 0.29) is 12.2 Å². The fraction of sp³-hybridized carbons (Fsp3) is 0.375. The normalized spacial score (nSPS) is 10.8. The Bertz CT molecular complexity index is 605. The smallest absolute Gasteiger partial charge is 0.348 e. The molecule has 0 radical (unpaired) electrons. The van der Waals surface area contributed by atoms with Gasteiger partial charge in [0.25, 0.3) is 0 Å². The predicted molar refractivity (Wildman–Crippen MR) is 86.7 cm³/mol. The molecule has 6 heteroatoms. The molecular formula is C16H18BrNO4. The number of nitriles is 1. The second-order valence-corrected chi connectivity index (χ2v) is 4.94. The quantitative estimate of drug-likeness (QED) is 0.417. The van der Waals surface area contributed by atoms with Crippen LogP contribution in [0, 0.1) is 11.3 Å². The van der Waals surface area contributed by atoms with Gasteiger partial charge in [-0.1, -0.05) is 0 Å². The molecule has 0 spiro atoms. The molecule has 0 saturated carbocycles. The lowest BCUT2D eigenvalue weighted by Gasteiger charge is -2.13. The summed E-state index contributed by atoms with van der Waals surface area (Å²) in [6, 6.07) is 5.32. The topological polar surface area (TPSA) is 68.6 Å². The summed E-state index contributed by atoms with van der Waals surface area (Å²) in [5.74, 6) is 0.496. The zero-order chi connectivity index (χ0) is 16.5. The van der Waals surface area contributed by atoms with Crippen molar-refractivity contribution in [3.05, 3.63) is 27.7 Å². The Morgan fingerprint density at radius 2 is 1.91 bits per heavy atom. The number of carbonyl (C=O) groups is 1. The Hall–Kier alpha value is -2.00. The Morgan fingerprint density at radius 1 is 1.23 bits per heavy atom. The first-order valence-electron chi connectivity index (χ1n) is 6.95. The number of benzene rings is 1. The van der Waals surface area contributed by atoms with Crippen molar-refractivity contribution in [2.75, 3.05) is 19.8 Å². The van der Waals surface area contributed by atoms with Crippen LogP contribution in [0.15, 0.2) is 22.2 Å². The van der Waals surface area contributed by atoms with E-state index in [1.807, 2.05) is 19.9 Å². The Morgan fingerprint density at radius 3 is 2.45 bits per heavy atom. The minimum atomic E-state index is -0.645. The number of halogens is 1. The molecule has 1 rings (SSSR count). The molecular weight excluding hydrogens is 350 g/mol. The molecule has 0 amide bonds. The lowest BCUT2D eigenvalue weighted by Crippen LogP contribution is -2.06. The predicted octanol–water partition coefficient (Wildman–Crippen LogP) is 3.72. The van der Waals surface area contributed by atoms with E-state index < -0.39 is 5.97 Å². The zero-order valence-electron chi connectivity index (χ0n) is 12.8. The van der Waals surface area contributed by atoms with Crippen molar-refractivity contribution >= 4 is 28.0 Å². The SMILES string of the molecule is CCOC(=O)/C(C#N)=C\c1cc(Br)c(OCC)c(OCC)c1. The molecule has 0 aromatic heterocycles. The van der Waals surface area contributed by atoms with Crippen LogP contribution in [0.4, 0.5) is 0 Å². The first-order valence-corrected chi connectivity index (χ1v) is 7.74. The molecule has 0 N–H and O–H groups in total. The van der Waals surface area contributed by atoms with Crippen LogP contribution < -0.4 is 9.47 Å². The van der Waals surface area contributed by atoms with Crippen LogP contribution in [0.25, 0.3) is 6.08 Å². The van der Waals surface area contributed by atoms with Crippen LogP contribution >= 0.6 is 15.9 Å². The second kappa shape index (κ2) is 9.11. The summed E-state index contributed by atoms with van der Waals surface area (Å²) in [4.78, 5) is 11.7. The van der Waals surface area contributed by atoms with Crippen molar-refractivity contribution in [2.24, 2.45) is 0 Å². The summed E-state index contributed by atoms with van der Waals surface area (Å²) in [6.45, 7) is 6.63. The zero-order valence-corrected chi connectivity index (χ0v) is 14.4. The number of hydrogen-bond donors (Lipinski definition) is 0. The second-order valence-electron chi connectivity index (χ2n) is 4.09. The van der Waals surface area contributed by atoms with E-state index in [1.54, 1.807) is 19.1 Å². The molecule has 0 fully saturated rings. The molecule has 0 heterocycles. The van der Waals surface area contributed by atoms with Gasteiger partial charge in [-0.3, -0.25) is 0 Å². The van der Waals surface area contributed by atoms with Crippen LogP contribution in [-0.4, -0.2) is 25.8 Å². The Kier molecular flexibility index (Phi) is 7.47. The van der Waals surface area contributed by atoms with Crippen molar-refractivity contribution in [3.8, 4) is 17.6 Å². The molecule has 1 aromatic rings. The summed E-state index contributed by atoms with van der Waals surface area (Å²) >= 11 is 3.42. The minimum absolute atomic E-state index is 0.0691. The molecule has 5 nitrogen and oxygen atoms in total. The summed E-state index contributed by atoms with van der Waals surface area (Å²) in [5.41, 5.74) is 0.573. The van der Waals surface area contributed by atoms with Crippen LogP contribution in [0.3, 0.4) is 0 Å². The molecule has 0 aliphatic heterocycles. The molecule has 0 saturated heterocycles. The largest absolute Gasteiger partial charge is 0.490 e. The fourth-order valence-electron chi connectivity index (χ4n) is 1.73. The standard InChI is InChI=1S/C16H18BrNO4/c1-4-20-14-9-11(8-13(17)15(14)21-5-2)7-12(10-18)16(19)22-6-3/h7-9H,4-6H2,1-3H3/b12-7-. The van der Waals surface area contributed by atoms with Crippen LogP contribution in [0.1, 0.15) is 26.3 Å². The summed E-state index contributed by atoms with van der Waals surface area (Å²) in [5, 5.41) is 9.08. The maximum absolute atomic E-state index is 11.7. The van der Waals surface area contributed by atoms with E-state index in [0.717, 1.165) is 0 Å². The monoisotopic (exact) mass is 367 g/mol. The van der Waals surface area contributed by atoms with Gasteiger partial charge in [0.15, 0.2) is 11.5 Å². The average Bonchev–Trinajstić information content (AvgIpc) is 2.48. The van der Waals surface area contributed by atoms with Gasteiger partial charge in [0.1, 0.15) is 11.6 Å². The van der Waals surface area contributed by atoms with E-state index in [9.17, 15) is 4.79 Å². The Labute approximate surface area is 138 Å². The van der Waals surface area contributed by atoms with E-state index >= 15 is 0 Å². The fourth-order valence-corrected chi connectivity index (χ4v) is 2.31. The maximum atomic E-state index is 11.7. The molecule has 22 heavy (non-hydrogen) atoms. The average molecular weight is 368 g/mol. The van der Waals surface area contributed by atoms with Crippen molar-refractivity contribution in [2.45, 2.75) is 20.8 Å². The molecule has 118 valence electrons. The summed E-state index contributed by atoms with van der Waals surface area (Å²) < 4.78 is 16.6. The number of hydrogen-bond acceptors (Lipinski definition) is 5. The van der Waals surface area contributed by atoms with Gasteiger partial charge in [0.2, 0.25) is 0 Å². The van der Waals surface area contributed by atoms with Gasteiger partial charge in [-0.05, 0) is 60.5 Å². The van der Waals surface area contributed by atoms with Gasteiger partial charge in [-0.15, -0.1) is 0 Å². The summed E-state index contributed by atoms with van der Waals surface area (Å²) in [6.07, 6.45) is 1.46. The van der Waals surface area contributed by atoms with Gasteiger partial charge in [-0.25, -0.2) is 4.79 Å². The highest BCUT2D eigenvalue weighted by molar-refractivity contribution is 9.10. The van der Waals surface area contributed by atoms with Crippen molar-refractivity contribution < 1.29 is 19.0 Å². The maximum Gasteiger partial charge on any atom is 0.348 e. The van der Waals surface area contributed by atoms with E-state index in [2.05, 4.69) is 15.9 Å². The molecule has 1 aromatic carbocycles. The molecule has 0 unspecified atom stereocenters. The highest BCUT2D eigenvalue weighted by Crippen LogP contribution is 2.37. The number of esters is 1. The van der Waals surface area contributed by atoms with Gasteiger partial charge < -0.3 is 14.2 Å². The third-order valence-electron chi connectivity index (χ3n) is 2.55. The first kappa shape index (κ1) is 18.1. The van der Waals surface area contributed by atoms with Crippen LogP contribution in [0.5, 0.6) is 11.5 Å². The first-order chi connectivity index (χ1) is 10.6. The third-order valence-corrected chi connectivity index (χ3v) is 3.14. The molecule has 0 aliphatic rings. The van der Waals surface area contributed by atoms with Crippen LogP contribution in [0.2, 0.25) is 0 Å². The van der Waals surface area contributed by atoms with Gasteiger partial charge in [0, 0.05) is 0 Å². The lowest BCUT2D eigenvalue weighted by atomic mass is 10.1. The summed E-state index contributed by atoms with van der Waals surface area (Å²) in [7, 11) is 0. The number of carbonyl (C=O) groups excluding carboxylic acids is 1. The van der Waals surface area contributed by atoms with Crippen molar-refractivity contribution in [1.29, 1.82) is 5.26 Å². The van der Waals surface area contributed by atoms with Gasteiger partial charge in [-0.2, -0.15) is 5.26 Å². The molecule has 0 atom stereocenters. The number of nitrogens with zero attached hydrogens (tertiary/aromatic N) is 1. The lowest BCUT2D eigenvalue weighted by molar-refractivity contribution is -0.137. The third kappa shape index (κ3) is 4.78. The van der Waals surface area contributed by atoms with Gasteiger partial charge >= 0.3 is 5.97 Å². The molecule has 0 aliphatic carbocycles. The van der Waals surface area contributed by atoms with E-state index in [0.29, 0.717) is 34.7 Å². The van der Waals surface area contributed by atoms with E-state index in [1.165, 1.54) is 6.08 Å². The molecule has 0 bridgehead atoms. The van der Waals surface area contributed by atoms with Crippen LogP contribution in [-0.2, 0) is 9.53 Å². The van der Waals surface area contributed by atoms with Crippen molar-refractivity contribution in [1.82, 2.24) is 0 Å². The van der Waals surface area contributed by atoms with E-state index in [4.69, 9.17) is 19.5 Å².